The summed E-state index contributed by atoms with van der Waals surface area (Å²) < 4.78 is 2.17. The van der Waals surface area contributed by atoms with Crippen LogP contribution in [-0.4, -0.2) is 58.0 Å². The Labute approximate surface area is 207 Å². The number of aromatic nitrogens is 2. The molecule has 0 saturated carbocycles. The van der Waals surface area contributed by atoms with Crippen molar-refractivity contribution in [3.05, 3.63) is 95.3 Å². The van der Waals surface area contributed by atoms with Crippen LogP contribution in [-0.2, 0) is 20.0 Å². The highest BCUT2D eigenvalue weighted by Crippen LogP contribution is 2.21. The molecule has 0 atom stereocenters. The zero-order chi connectivity index (χ0) is 24.2. The van der Waals surface area contributed by atoms with Gasteiger partial charge in [0, 0.05) is 64.0 Å². The van der Waals surface area contributed by atoms with Gasteiger partial charge in [0.05, 0.1) is 11.0 Å². The molecule has 6 nitrogen and oxygen atoms in total. The molecule has 1 aliphatic heterocycles. The molecule has 0 unspecified atom stereocenters. The summed E-state index contributed by atoms with van der Waals surface area (Å²) in [5.74, 6) is 0.976. The second-order valence-electron chi connectivity index (χ2n) is 9.47. The lowest BCUT2D eigenvalue weighted by atomic mass is 10.1. The van der Waals surface area contributed by atoms with E-state index in [4.69, 9.17) is 4.98 Å². The third kappa shape index (κ3) is 5.61. The molecule has 1 fully saturated rings. The van der Waals surface area contributed by atoms with Crippen LogP contribution in [0, 0.1) is 6.92 Å². The Kier molecular flexibility index (Phi) is 6.93. The molecule has 0 bridgehead atoms. The quantitative estimate of drug-likeness (QED) is 0.435. The molecule has 2 heterocycles. The molecule has 3 aromatic carbocycles. The summed E-state index contributed by atoms with van der Waals surface area (Å²) in [5.41, 5.74) is 5.88. The monoisotopic (exact) mass is 467 g/mol. The van der Waals surface area contributed by atoms with E-state index >= 15 is 0 Å². The minimum absolute atomic E-state index is 0.101. The highest BCUT2D eigenvalue weighted by molar-refractivity contribution is 6.05. The SMILES string of the molecule is Cc1cccc(C(=O)Nc2ccc3c(c2)nc(CCN2CCN(Cc4ccccc4)CC2)n3C)c1. The molecule has 1 aromatic heterocycles. The molecule has 0 spiro atoms. The number of carbonyl (C=O) groups excluding carboxylic acids is 1. The Morgan fingerprint density at radius 1 is 0.914 bits per heavy atom. The summed E-state index contributed by atoms with van der Waals surface area (Å²) in [6.45, 7) is 8.40. The normalized spacial score (nSPS) is 14.9. The Bertz CT molecular complexity index is 1310. The molecule has 0 aliphatic carbocycles. The van der Waals surface area contributed by atoms with E-state index in [2.05, 4.69) is 57.1 Å². The van der Waals surface area contributed by atoms with Crippen LogP contribution in [0.2, 0.25) is 0 Å². The zero-order valence-electron chi connectivity index (χ0n) is 20.6. The van der Waals surface area contributed by atoms with Crippen molar-refractivity contribution in [2.45, 2.75) is 19.9 Å². The predicted molar refractivity (Wildman–Crippen MR) is 142 cm³/mol. The van der Waals surface area contributed by atoms with Gasteiger partial charge in [-0.05, 0) is 42.8 Å². The summed E-state index contributed by atoms with van der Waals surface area (Å²) in [7, 11) is 2.08. The third-order valence-corrected chi connectivity index (χ3v) is 6.88. The standard InChI is InChI=1S/C29H33N5O/c1-22-7-6-10-24(19-22)29(35)30-25-11-12-27-26(20-25)31-28(32(27)2)13-14-33-15-17-34(18-16-33)21-23-8-4-3-5-9-23/h3-12,19-20H,13-18,21H2,1-2H3,(H,30,35). The van der Waals surface area contributed by atoms with Gasteiger partial charge in [-0.3, -0.25) is 9.69 Å². The lowest BCUT2D eigenvalue weighted by molar-refractivity contribution is 0.102. The first-order valence-electron chi connectivity index (χ1n) is 12.4. The second-order valence-corrected chi connectivity index (χ2v) is 9.47. The molecule has 180 valence electrons. The van der Waals surface area contributed by atoms with Crippen LogP contribution in [0.4, 0.5) is 5.69 Å². The van der Waals surface area contributed by atoms with Gasteiger partial charge in [-0.25, -0.2) is 4.98 Å². The maximum Gasteiger partial charge on any atom is 0.255 e. The lowest BCUT2D eigenvalue weighted by Gasteiger charge is -2.34. The van der Waals surface area contributed by atoms with E-state index in [1.165, 1.54) is 5.56 Å². The number of amides is 1. The average Bonchev–Trinajstić information content (AvgIpc) is 3.19. The van der Waals surface area contributed by atoms with E-state index < -0.39 is 0 Å². The van der Waals surface area contributed by atoms with E-state index in [-0.39, 0.29) is 5.91 Å². The van der Waals surface area contributed by atoms with Crippen molar-refractivity contribution in [2.75, 3.05) is 38.0 Å². The second kappa shape index (κ2) is 10.4. The number of benzene rings is 3. The number of anilines is 1. The van der Waals surface area contributed by atoms with E-state index in [1.54, 1.807) is 0 Å². The van der Waals surface area contributed by atoms with Crippen molar-refractivity contribution in [1.29, 1.82) is 0 Å². The van der Waals surface area contributed by atoms with Crippen LogP contribution < -0.4 is 5.32 Å². The van der Waals surface area contributed by atoms with Crippen molar-refractivity contribution in [1.82, 2.24) is 19.4 Å². The molecule has 1 aliphatic rings. The van der Waals surface area contributed by atoms with Gasteiger partial charge in [0.25, 0.3) is 5.91 Å². The van der Waals surface area contributed by atoms with E-state index in [9.17, 15) is 4.79 Å². The Morgan fingerprint density at radius 2 is 1.69 bits per heavy atom. The average molecular weight is 468 g/mol. The van der Waals surface area contributed by atoms with Crippen LogP contribution >= 0.6 is 0 Å². The maximum atomic E-state index is 12.6. The number of carbonyl (C=O) groups is 1. The predicted octanol–water partition coefficient (Wildman–Crippen LogP) is 4.49. The number of hydrogen-bond acceptors (Lipinski definition) is 4. The summed E-state index contributed by atoms with van der Waals surface area (Å²) in [6.07, 6.45) is 0.912. The van der Waals surface area contributed by atoms with Gasteiger partial charge in [0.1, 0.15) is 5.82 Å². The molecule has 5 rings (SSSR count). The Balaban J connectivity index is 1.17. The number of nitrogens with one attached hydrogen (secondary N) is 1. The largest absolute Gasteiger partial charge is 0.331 e. The fourth-order valence-electron chi connectivity index (χ4n) is 4.81. The van der Waals surface area contributed by atoms with Crippen molar-refractivity contribution >= 4 is 22.6 Å². The third-order valence-electron chi connectivity index (χ3n) is 6.88. The fourth-order valence-corrected chi connectivity index (χ4v) is 4.81. The molecule has 6 heteroatoms. The maximum absolute atomic E-state index is 12.6. The molecule has 4 aromatic rings. The zero-order valence-corrected chi connectivity index (χ0v) is 20.6. The highest BCUT2D eigenvalue weighted by Gasteiger charge is 2.18. The van der Waals surface area contributed by atoms with Crippen molar-refractivity contribution in [3.8, 4) is 0 Å². The molecule has 1 amide bonds. The first-order valence-corrected chi connectivity index (χ1v) is 12.4. The van der Waals surface area contributed by atoms with Gasteiger partial charge in [-0.2, -0.15) is 0 Å². The van der Waals surface area contributed by atoms with E-state index in [1.807, 2.05) is 49.4 Å². The van der Waals surface area contributed by atoms with Crippen LogP contribution in [0.25, 0.3) is 11.0 Å². The van der Waals surface area contributed by atoms with Crippen LogP contribution in [0.3, 0.4) is 0 Å². The summed E-state index contributed by atoms with van der Waals surface area (Å²) in [5, 5.41) is 3.01. The van der Waals surface area contributed by atoms with Crippen molar-refractivity contribution in [3.63, 3.8) is 0 Å². The Morgan fingerprint density at radius 3 is 2.46 bits per heavy atom. The van der Waals surface area contributed by atoms with Crippen LogP contribution in [0.15, 0.2) is 72.8 Å². The minimum Gasteiger partial charge on any atom is -0.331 e. The topological polar surface area (TPSA) is 53.4 Å². The van der Waals surface area contributed by atoms with Gasteiger partial charge in [0.2, 0.25) is 0 Å². The number of rotatable bonds is 7. The molecule has 0 radical (unpaired) electrons. The molecular weight excluding hydrogens is 434 g/mol. The van der Waals surface area contributed by atoms with Gasteiger partial charge in [-0.1, -0.05) is 48.0 Å². The van der Waals surface area contributed by atoms with Crippen molar-refractivity contribution in [2.24, 2.45) is 7.05 Å². The summed E-state index contributed by atoms with van der Waals surface area (Å²) >= 11 is 0. The summed E-state index contributed by atoms with van der Waals surface area (Å²) in [6, 6.07) is 24.3. The molecule has 1 N–H and O–H groups in total. The highest BCUT2D eigenvalue weighted by atomic mass is 16.1. The molecule has 35 heavy (non-hydrogen) atoms. The number of piperazine rings is 1. The molecular formula is C29H33N5O. The number of hydrogen-bond donors (Lipinski definition) is 1. The van der Waals surface area contributed by atoms with Gasteiger partial charge >= 0.3 is 0 Å². The summed E-state index contributed by atoms with van der Waals surface area (Å²) in [4.78, 5) is 22.6. The van der Waals surface area contributed by atoms with E-state index in [0.29, 0.717) is 5.56 Å². The number of nitrogens with zero attached hydrogens (tertiary/aromatic N) is 4. The first kappa shape index (κ1) is 23.3. The van der Waals surface area contributed by atoms with Gasteiger partial charge in [-0.15, -0.1) is 0 Å². The smallest absolute Gasteiger partial charge is 0.255 e. The Hall–Kier alpha value is -3.48. The van der Waals surface area contributed by atoms with Gasteiger partial charge < -0.3 is 14.8 Å². The van der Waals surface area contributed by atoms with Crippen LogP contribution in [0.5, 0.6) is 0 Å². The number of fused-ring (bicyclic) bond motifs is 1. The van der Waals surface area contributed by atoms with Gasteiger partial charge in [0.15, 0.2) is 0 Å². The number of aryl methyl sites for hydroxylation is 2. The number of imidazole rings is 1. The van der Waals surface area contributed by atoms with Crippen molar-refractivity contribution < 1.29 is 4.79 Å². The molecule has 1 saturated heterocycles. The van der Waals surface area contributed by atoms with Crippen LogP contribution in [0.1, 0.15) is 27.3 Å². The van der Waals surface area contributed by atoms with E-state index in [0.717, 1.165) is 73.8 Å². The lowest BCUT2D eigenvalue weighted by Crippen LogP contribution is -2.46. The minimum atomic E-state index is -0.101. The fraction of sp³-hybridized carbons (Fsp3) is 0.310. The first-order chi connectivity index (χ1) is 17.0.